The number of ether oxygens (including phenoxy) is 15. The lowest BCUT2D eigenvalue weighted by Gasteiger charge is -2.31. The van der Waals surface area contributed by atoms with E-state index in [9.17, 15) is 19.5 Å². The van der Waals surface area contributed by atoms with Crippen LogP contribution in [0.5, 0.6) is 0 Å². The number of nitrogens with zero attached hydrogens (tertiary/aromatic N) is 8. The van der Waals surface area contributed by atoms with E-state index in [2.05, 4.69) is 146 Å². The maximum atomic E-state index is 12.8. The minimum Gasteiger partial charge on any atom is -0.464 e. The lowest BCUT2D eigenvalue weighted by atomic mass is 9.93. The molecule has 0 bridgehead atoms. The zero-order valence-electron chi connectivity index (χ0n) is 90.6. The molecule has 3 N–H and O–H groups in total. The van der Waals surface area contributed by atoms with Gasteiger partial charge < -0.3 is 91.7 Å². The topological polar surface area (TPSA) is 282 Å². The number of hydrogen-bond donors (Lipinski definition) is 2. The summed E-state index contributed by atoms with van der Waals surface area (Å²) in [5, 5.41) is 9.26. The molecule has 7 aromatic rings. The van der Waals surface area contributed by atoms with Crippen LogP contribution in [0.15, 0.2) is 163 Å². The zero-order chi connectivity index (χ0) is 104. The molecule has 806 valence electrons. The van der Waals surface area contributed by atoms with Crippen LogP contribution in [0.25, 0.3) is 22.4 Å². The number of methoxy groups -OCH3 is 4. The molecule has 0 saturated carbocycles. The van der Waals surface area contributed by atoms with E-state index in [1.807, 2.05) is 118 Å². The minimum absolute atomic E-state index is 0.0313. The highest BCUT2D eigenvalue weighted by molar-refractivity contribution is 6.06. The molecule has 11 rings (SSSR count). The normalized spacial score (nSPS) is 13.7. The van der Waals surface area contributed by atoms with Crippen molar-refractivity contribution in [3.05, 3.63) is 186 Å². The van der Waals surface area contributed by atoms with E-state index < -0.39 is 11.7 Å². The number of rotatable bonds is 58. The van der Waals surface area contributed by atoms with Gasteiger partial charge in [-0.1, -0.05) is 285 Å². The first-order valence-corrected chi connectivity index (χ1v) is 53.3. The molecular weight excluding hydrogens is 1810 g/mol. The Labute approximate surface area is 861 Å². The third kappa shape index (κ3) is 61.2. The van der Waals surface area contributed by atoms with Crippen molar-refractivity contribution in [1.29, 1.82) is 0 Å². The van der Waals surface area contributed by atoms with E-state index in [0.717, 1.165) is 145 Å². The molecule has 0 spiro atoms. The highest BCUT2D eigenvalue weighted by atomic mass is 16.7. The fraction of sp³-hybridized carbons (Fsp3) is 0.643. The maximum absolute atomic E-state index is 12.8. The average molecular weight is 2000 g/mol. The summed E-state index contributed by atoms with van der Waals surface area (Å²) in [6, 6.07) is 51.9. The number of anilines is 1. The largest absolute Gasteiger partial charge is 0.464 e. The molecule has 0 aliphatic carbocycles. The molecule has 4 aliphatic heterocycles. The number of imidazole rings is 1. The van der Waals surface area contributed by atoms with Crippen molar-refractivity contribution in [2.75, 3.05) is 245 Å². The third-order valence-corrected chi connectivity index (χ3v) is 23.8. The number of aliphatic hydroxyl groups is 1. The van der Waals surface area contributed by atoms with Gasteiger partial charge in [0.1, 0.15) is 39.2 Å². The Morgan fingerprint density at radius 1 is 0.448 bits per heavy atom. The summed E-state index contributed by atoms with van der Waals surface area (Å²) in [5.74, 6) is 1.58. The summed E-state index contributed by atoms with van der Waals surface area (Å²) < 4.78 is 79.5. The van der Waals surface area contributed by atoms with Crippen LogP contribution in [0.3, 0.4) is 0 Å². The van der Waals surface area contributed by atoms with Gasteiger partial charge in [-0.2, -0.15) is 0 Å². The molecule has 28 heteroatoms. The van der Waals surface area contributed by atoms with Crippen molar-refractivity contribution < 1.29 is 90.5 Å². The van der Waals surface area contributed by atoms with Crippen molar-refractivity contribution in [2.24, 2.45) is 4.99 Å². The second kappa shape index (κ2) is 83.8. The number of piperidine rings is 1. The second-order valence-corrected chi connectivity index (χ2v) is 37.5. The number of carbonyl (C=O) groups is 3. The first-order valence-electron chi connectivity index (χ1n) is 53.3. The minimum atomic E-state index is -0.437. The molecule has 3 fully saturated rings. The van der Waals surface area contributed by atoms with E-state index >= 15 is 0 Å². The summed E-state index contributed by atoms with van der Waals surface area (Å²) in [5.41, 5.74) is 17.3. The van der Waals surface area contributed by atoms with Crippen molar-refractivity contribution >= 4 is 46.3 Å². The summed E-state index contributed by atoms with van der Waals surface area (Å²) >= 11 is 0. The smallest absolute Gasteiger partial charge is 0.420 e. The van der Waals surface area contributed by atoms with Crippen LogP contribution < -0.4 is 5.73 Å². The third-order valence-electron chi connectivity index (χ3n) is 23.8. The van der Waals surface area contributed by atoms with Gasteiger partial charge in [-0.3, -0.25) is 24.5 Å². The summed E-state index contributed by atoms with van der Waals surface area (Å²) in [6.07, 6.45) is 25.8. The molecule has 143 heavy (non-hydrogen) atoms. The number of amides is 1. The molecule has 0 unspecified atom stereocenters. The van der Waals surface area contributed by atoms with Gasteiger partial charge in [-0.15, -0.1) is 0 Å². The lowest BCUT2D eigenvalue weighted by molar-refractivity contribution is -0.144. The van der Waals surface area contributed by atoms with Crippen molar-refractivity contribution in [3.63, 3.8) is 0 Å². The monoisotopic (exact) mass is 2000 g/mol. The first-order chi connectivity index (χ1) is 69.6. The Morgan fingerprint density at radius 2 is 0.881 bits per heavy atom. The Balaban J connectivity index is 0.000000344. The maximum Gasteiger partial charge on any atom is 0.420 e. The fourth-order valence-electron chi connectivity index (χ4n) is 15.6. The number of aliphatic hydroxyl groups excluding tert-OH is 1. The van der Waals surface area contributed by atoms with Gasteiger partial charge in [0.15, 0.2) is 5.82 Å². The van der Waals surface area contributed by atoms with Crippen molar-refractivity contribution in [1.82, 2.24) is 34.1 Å². The number of morpholine rings is 2. The first kappa shape index (κ1) is 127. The quantitative estimate of drug-likeness (QED) is 0.0118. The average Bonchev–Trinajstić information content (AvgIpc) is 1.63. The van der Waals surface area contributed by atoms with Crippen LogP contribution in [-0.2, 0) is 88.9 Å². The molecule has 6 aromatic carbocycles. The number of likely N-dealkylation sites (tertiary alicyclic amines) is 1. The molecule has 1 aromatic heterocycles. The molecule has 4 aliphatic rings. The number of nitrogen functional groups attached to an aromatic ring is 1. The summed E-state index contributed by atoms with van der Waals surface area (Å²) in [4.78, 5) is 56.4. The fourth-order valence-corrected chi connectivity index (χ4v) is 15.6. The SMILES string of the molecule is CC(C)(C)OC(=O)N1CCC(O)CC1.CC(C)c1cccc(C(C)C)c1N.CCCCCCCCCCCC(=O)OCCN1CCOCC1.CCCCCN(CCCCC)CCCCC.COCCOCCOCCOCCN1CCOCC1.COCOCCN(CCOCOC)CCOCOC.O=C(OCc1ccccc1)n1c(-c2ccccc2)nc2ccccc21.c1ccc(C2=Nc3ccccc3C2)cc1. The number of fused-ring (bicyclic) bond motifs is 2. The van der Waals surface area contributed by atoms with Gasteiger partial charge >= 0.3 is 18.2 Å². The van der Waals surface area contributed by atoms with Gasteiger partial charge in [-0.05, 0) is 137 Å². The number of aromatic nitrogens is 2. The number of hydrogen-bond acceptors (Lipinski definition) is 26. The second-order valence-electron chi connectivity index (χ2n) is 37.5. The van der Waals surface area contributed by atoms with Crippen LogP contribution in [0.1, 0.15) is 251 Å². The summed E-state index contributed by atoms with van der Waals surface area (Å²) in [6.45, 7) is 48.0. The number of aliphatic imine (C=N–C) groups is 1. The van der Waals surface area contributed by atoms with Crippen LogP contribution in [0.2, 0.25) is 0 Å². The van der Waals surface area contributed by atoms with E-state index in [1.165, 1.54) is 155 Å². The Hall–Kier alpha value is -8.21. The van der Waals surface area contributed by atoms with E-state index in [0.29, 0.717) is 136 Å². The van der Waals surface area contributed by atoms with Gasteiger partial charge in [0.2, 0.25) is 0 Å². The lowest BCUT2D eigenvalue weighted by Crippen LogP contribution is -2.42. The molecule has 1 amide bonds. The van der Waals surface area contributed by atoms with Crippen LogP contribution in [-0.4, -0.2) is 314 Å². The van der Waals surface area contributed by atoms with Gasteiger partial charge in [0, 0.05) is 125 Å². The molecule has 28 nitrogen and oxygen atoms in total. The van der Waals surface area contributed by atoms with Crippen molar-refractivity contribution in [3.8, 4) is 11.4 Å². The number of unbranched alkanes of at least 4 members (excludes halogenated alkanes) is 14. The standard InChI is InChI=1S/C21H16N2O2.C18H35NO3.C15H33N.C14H11N.C13H27NO5.C12H27NO6.C12H19N.C10H19NO3/c24-21(25-15-16-9-3-1-4-10-16)23-19-14-8-7-13-18(19)22-20(23)17-11-5-2-6-12-17;1-2-3-4-5-6-7-8-9-10-11-18(20)22-17-14-19-12-15-21-16-13-19;1-4-7-10-13-16(14-11-8-5-2)15-12-9-6-3;1-2-6-11(7-3-1)14-10-12-8-4-5-9-13(12)15-14;1-15-8-9-18-12-13-19-11-10-17-7-4-14-2-5-16-6-3-14;1-14-10-17-7-4-13(5-8-18-11-15-2)6-9-19-12-16-3;1-8(2)10-6-5-7-11(9(3)4)12(10)13;1-10(2,3)14-9(13)11-6-4-8(12)5-7-11/h1-14H,15H2;2-17H2,1H3;4-15H2,1-3H3;1-9H,10H2;2-13H2,1H3;4-12H2,1-3H3;5-9H,13H2,1-4H3;8,12H,4-7H2,1-3H3. The number of benzene rings is 6. The van der Waals surface area contributed by atoms with Crippen molar-refractivity contribution in [2.45, 2.75) is 248 Å². The van der Waals surface area contributed by atoms with Crippen LogP contribution >= 0.6 is 0 Å². The van der Waals surface area contributed by atoms with E-state index in [4.69, 9.17) is 76.8 Å². The zero-order valence-corrected chi connectivity index (χ0v) is 90.6. The van der Waals surface area contributed by atoms with E-state index in [1.54, 1.807) is 33.3 Å². The Bertz CT molecular complexity index is 4160. The number of nitrogens with two attached hydrogens (primary N) is 1. The van der Waals surface area contributed by atoms with Crippen LogP contribution in [0.4, 0.5) is 21.0 Å². The van der Waals surface area contributed by atoms with Gasteiger partial charge in [0.05, 0.1) is 121 Å². The van der Waals surface area contributed by atoms with E-state index in [-0.39, 0.29) is 24.8 Å². The Morgan fingerprint density at radius 3 is 1.36 bits per heavy atom. The molecule has 0 radical (unpaired) electrons. The number of esters is 1. The highest BCUT2D eigenvalue weighted by Crippen LogP contribution is 2.31. The molecule has 3 saturated heterocycles. The van der Waals surface area contributed by atoms with Gasteiger partial charge in [0.25, 0.3) is 0 Å². The number of para-hydroxylation sites is 4. The summed E-state index contributed by atoms with van der Waals surface area (Å²) in [7, 11) is 6.48. The Kier molecular flexibility index (Phi) is 74.5. The highest BCUT2D eigenvalue weighted by Gasteiger charge is 2.27. The predicted molar refractivity (Wildman–Crippen MR) is 579 cm³/mol. The predicted octanol–water partition coefficient (Wildman–Crippen LogP) is 22.0. The number of carbonyl (C=O) groups excluding carboxylic acids is 3. The molecule has 0 atom stereocenters. The molecular formula is C115H187N9O19. The van der Waals surface area contributed by atoms with Gasteiger partial charge in [-0.25, -0.2) is 19.1 Å². The molecule has 5 heterocycles. The van der Waals surface area contributed by atoms with Crippen LogP contribution in [0, 0.1) is 0 Å².